The van der Waals surface area contributed by atoms with Crippen molar-refractivity contribution >= 4 is 0 Å². The van der Waals surface area contributed by atoms with Crippen molar-refractivity contribution < 1.29 is 0 Å². The molecule has 0 aliphatic heterocycles. The summed E-state index contributed by atoms with van der Waals surface area (Å²) in [7, 11) is 0. The zero-order chi connectivity index (χ0) is 31.6. The Bertz CT molecular complexity index is 585. The summed E-state index contributed by atoms with van der Waals surface area (Å²) >= 11 is 0. The fraction of sp³-hybridized carbons (Fsp3) is 0.955. The summed E-state index contributed by atoms with van der Waals surface area (Å²) in [6.07, 6.45) is 55.8. The molecule has 0 bridgehead atoms. The summed E-state index contributed by atoms with van der Waals surface area (Å²) in [5, 5.41) is 0. The number of hydrogen-bond acceptors (Lipinski definition) is 0. The van der Waals surface area contributed by atoms with E-state index in [0.29, 0.717) is 0 Å². The van der Waals surface area contributed by atoms with Crippen LogP contribution in [0.15, 0.2) is 11.1 Å². The average Bonchev–Trinajstić information content (AvgIpc) is 3.42. The van der Waals surface area contributed by atoms with Gasteiger partial charge in [0.15, 0.2) is 0 Å². The van der Waals surface area contributed by atoms with Crippen LogP contribution >= 0.6 is 0 Å². The van der Waals surface area contributed by atoms with E-state index in [2.05, 4.69) is 20.8 Å². The Kier molecular flexibility index (Phi) is 32.4. The van der Waals surface area contributed by atoms with Gasteiger partial charge in [-0.2, -0.15) is 0 Å². The van der Waals surface area contributed by atoms with Gasteiger partial charge in [-0.15, -0.1) is 0 Å². The third-order valence-electron chi connectivity index (χ3n) is 11.0. The van der Waals surface area contributed by atoms with Gasteiger partial charge in [-0.05, 0) is 50.9 Å². The maximum absolute atomic E-state index is 2.32. The van der Waals surface area contributed by atoms with E-state index in [9.17, 15) is 0 Å². The molecule has 0 spiro atoms. The van der Waals surface area contributed by atoms with Gasteiger partial charge in [-0.1, -0.05) is 231 Å². The first-order valence-corrected chi connectivity index (χ1v) is 21.5. The van der Waals surface area contributed by atoms with E-state index in [1.54, 1.807) is 0 Å². The fourth-order valence-corrected chi connectivity index (χ4v) is 7.99. The molecule has 44 heavy (non-hydrogen) atoms. The molecular weight excluding hydrogens is 528 g/mol. The molecule has 0 saturated carbocycles. The van der Waals surface area contributed by atoms with Gasteiger partial charge in [-0.3, -0.25) is 0 Å². The van der Waals surface area contributed by atoms with Crippen molar-refractivity contribution in [1.29, 1.82) is 0 Å². The molecule has 0 aromatic carbocycles. The predicted molar refractivity (Wildman–Crippen MR) is 203 cm³/mol. The molecule has 0 nitrogen and oxygen atoms in total. The van der Waals surface area contributed by atoms with E-state index < -0.39 is 0 Å². The highest BCUT2D eigenvalue weighted by molar-refractivity contribution is 5.23. The van der Waals surface area contributed by atoms with E-state index in [4.69, 9.17) is 0 Å². The molecule has 1 atom stereocenters. The van der Waals surface area contributed by atoms with Crippen LogP contribution in [0, 0.1) is 5.92 Å². The highest BCUT2D eigenvalue weighted by Gasteiger charge is 2.24. The van der Waals surface area contributed by atoms with E-state index in [1.165, 1.54) is 244 Å². The molecule has 1 aliphatic carbocycles. The van der Waals surface area contributed by atoms with Crippen molar-refractivity contribution in [2.45, 2.75) is 265 Å². The molecule has 0 amide bonds. The highest BCUT2D eigenvalue weighted by Crippen LogP contribution is 2.40. The van der Waals surface area contributed by atoms with E-state index in [-0.39, 0.29) is 0 Å². The summed E-state index contributed by atoms with van der Waals surface area (Å²) in [6.45, 7) is 6.97. The number of hydrogen-bond donors (Lipinski definition) is 0. The van der Waals surface area contributed by atoms with Crippen LogP contribution in [0.5, 0.6) is 0 Å². The molecule has 1 unspecified atom stereocenters. The number of rotatable bonds is 36. The Morgan fingerprint density at radius 1 is 0.341 bits per heavy atom. The lowest BCUT2D eigenvalue weighted by atomic mass is 9.89. The summed E-state index contributed by atoms with van der Waals surface area (Å²) in [5.74, 6) is 0.958. The minimum atomic E-state index is 0.958. The van der Waals surface area contributed by atoms with Crippen molar-refractivity contribution in [3.63, 3.8) is 0 Å². The smallest absolute Gasteiger partial charge is 0.0198 e. The number of allylic oxidation sites excluding steroid dienone is 2. The number of unbranched alkanes of at least 4 members (excludes halogenated alkanes) is 30. The normalized spacial score (nSPS) is 15.2. The van der Waals surface area contributed by atoms with Crippen LogP contribution in [-0.4, -0.2) is 0 Å². The van der Waals surface area contributed by atoms with Crippen LogP contribution in [0.2, 0.25) is 0 Å². The Morgan fingerprint density at radius 2 is 0.636 bits per heavy atom. The lowest BCUT2D eigenvalue weighted by Crippen LogP contribution is -2.01. The van der Waals surface area contributed by atoms with Crippen molar-refractivity contribution in [2.75, 3.05) is 0 Å². The van der Waals surface area contributed by atoms with Gasteiger partial charge < -0.3 is 0 Å². The van der Waals surface area contributed by atoms with Gasteiger partial charge in [0.05, 0.1) is 0 Å². The van der Waals surface area contributed by atoms with E-state index in [1.807, 2.05) is 11.1 Å². The second-order valence-electron chi connectivity index (χ2n) is 15.3. The van der Waals surface area contributed by atoms with Crippen LogP contribution in [0.25, 0.3) is 0 Å². The first-order valence-electron chi connectivity index (χ1n) is 21.5. The van der Waals surface area contributed by atoms with Crippen molar-refractivity contribution in [3.8, 4) is 0 Å². The molecule has 0 aromatic rings. The second-order valence-corrected chi connectivity index (χ2v) is 15.3. The zero-order valence-corrected chi connectivity index (χ0v) is 31.4. The minimum Gasteiger partial charge on any atom is -0.0707 e. The quantitative estimate of drug-likeness (QED) is 0.0486. The standard InChI is InChI=1S/C44H86/c1-4-7-10-13-16-19-22-25-28-31-34-37-42-40-41-43(38-35-32-29-26-23-20-17-14-11-8-5-2)44(42)39-36-33-30-27-24-21-18-15-12-9-6-3/h42H,4-41H2,1-3H3. The Hall–Kier alpha value is -0.260. The zero-order valence-electron chi connectivity index (χ0n) is 31.4. The van der Waals surface area contributed by atoms with Gasteiger partial charge in [0, 0.05) is 0 Å². The van der Waals surface area contributed by atoms with E-state index >= 15 is 0 Å². The minimum absolute atomic E-state index is 0.958. The monoisotopic (exact) mass is 615 g/mol. The first-order chi connectivity index (χ1) is 21.8. The summed E-state index contributed by atoms with van der Waals surface area (Å²) in [4.78, 5) is 0. The lowest BCUT2D eigenvalue weighted by molar-refractivity contribution is 0.478. The van der Waals surface area contributed by atoms with Crippen molar-refractivity contribution in [2.24, 2.45) is 5.92 Å². The van der Waals surface area contributed by atoms with Crippen LogP contribution in [0.4, 0.5) is 0 Å². The average molecular weight is 615 g/mol. The van der Waals surface area contributed by atoms with Crippen molar-refractivity contribution in [1.82, 2.24) is 0 Å². The molecule has 262 valence electrons. The van der Waals surface area contributed by atoms with Crippen LogP contribution < -0.4 is 0 Å². The molecule has 0 radical (unpaired) electrons. The predicted octanol–water partition coefficient (Wildman–Crippen LogP) is 16.8. The fourth-order valence-electron chi connectivity index (χ4n) is 7.99. The summed E-state index contributed by atoms with van der Waals surface area (Å²) in [5.41, 5.74) is 3.93. The Morgan fingerprint density at radius 3 is 1.00 bits per heavy atom. The lowest BCUT2D eigenvalue weighted by Gasteiger charge is -2.17. The first kappa shape index (κ1) is 41.8. The molecule has 1 rings (SSSR count). The summed E-state index contributed by atoms with van der Waals surface area (Å²) < 4.78 is 0. The van der Waals surface area contributed by atoms with Gasteiger partial charge in [0.2, 0.25) is 0 Å². The maximum atomic E-state index is 2.32. The SMILES string of the molecule is CCCCCCCCCCCCCC1=C(CCCCCCCCCCCCC)C(CCCCCCCCCCCCC)CC1. The van der Waals surface area contributed by atoms with Crippen LogP contribution in [-0.2, 0) is 0 Å². The van der Waals surface area contributed by atoms with Gasteiger partial charge >= 0.3 is 0 Å². The second kappa shape index (κ2) is 34.1. The molecule has 0 heteroatoms. The van der Waals surface area contributed by atoms with Crippen molar-refractivity contribution in [3.05, 3.63) is 11.1 Å². The molecule has 0 aromatic heterocycles. The van der Waals surface area contributed by atoms with Crippen LogP contribution in [0.3, 0.4) is 0 Å². The van der Waals surface area contributed by atoms with Gasteiger partial charge in [0.1, 0.15) is 0 Å². The van der Waals surface area contributed by atoms with E-state index in [0.717, 1.165) is 5.92 Å². The third-order valence-corrected chi connectivity index (χ3v) is 11.0. The molecule has 0 fully saturated rings. The van der Waals surface area contributed by atoms with Crippen LogP contribution in [0.1, 0.15) is 265 Å². The molecule has 1 aliphatic rings. The molecular formula is C44H86. The maximum Gasteiger partial charge on any atom is -0.0198 e. The van der Waals surface area contributed by atoms with Gasteiger partial charge in [-0.25, -0.2) is 0 Å². The Labute approximate surface area is 281 Å². The topological polar surface area (TPSA) is 0 Å². The molecule has 0 heterocycles. The Balaban J connectivity index is 2.28. The third kappa shape index (κ3) is 25.9. The largest absolute Gasteiger partial charge is 0.0707 e. The summed E-state index contributed by atoms with van der Waals surface area (Å²) in [6, 6.07) is 0. The molecule has 0 N–H and O–H groups in total. The molecule has 0 saturated heterocycles. The highest BCUT2D eigenvalue weighted by atomic mass is 14.3. The van der Waals surface area contributed by atoms with Gasteiger partial charge in [0.25, 0.3) is 0 Å².